The zero-order chi connectivity index (χ0) is 28.2. The summed E-state index contributed by atoms with van der Waals surface area (Å²) in [6, 6.07) is 0. The van der Waals surface area contributed by atoms with Crippen molar-refractivity contribution in [2.24, 2.45) is 0 Å². The van der Waals surface area contributed by atoms with Crippen molar-refractivity contribution < 1.29 is 24.1 Å². The van der Waals surface area contributed by atoms with Crippen molar-refractivity contribution in [2.75, 3.05) is 24.7 Å². The summed E-state index contributed by atoms with van der Waals surface area (Å²) in [6.45, 7) is 11.4. The second-order valence-electron chi connectivity index (χ2n) is 8.32. The van der Waals surface area contributed by atoms with E-state index >= 15 is 0 Å². The number of rotatable bonds is 8. The lowest BCUT2D eigenvalue weighted by Crippen LogP contribution is -2.35. The van der Waals surface area contributed by atoms with Crippen molar-refractivity contribution >= 4 is 41.1 Å². The molecule has 4 heterocycles. The number of hydrogen-bond donors (Lipinski definition) is 4. The van der Waals surface area contributed by atoms with Crippen LogP contribution in [-0.2, 0) is 30.7 Å². The molecule has 0 fully saturated rings. The molecule has 0 aliphatic heterocycles. The van der Waals surface area contributed by atoms with E-state index in [1.807, 2.05) is 45.5 Å². The van der Waals surface area contributed by atoms with Gasteiger partial charge in [-0.05, 0) is 13.8 Å². The van der Waals surface area contributed by atoms with Crippen LogP contribution in [0.2, 0.25) is 0 Å². The number of hydrogen-bond acceptors (Lipinski definition) is 11. The van der Waals surface area contributed by atoms with Crippen LogP contribution in [0, 0.1) is 27.7 Å². The Hall–Kier alpha value is -3.39. The first kappa shape index (κ1) is 30.8. The number of aliphatic hydroxyl groups excluding tert-OH is 2. The molecule has 0 aromatic carbocycles. The average molecular weight is 561 g/mol. The molecule has 0 aliphatic rings. The van der Waals surface area contributed by atoms with Crippen molar-refractivity contribution in [3.63, 3.8) is 0 Å². The van der Waals surface area contributed by atoms with E-state index in [-0.39, 0.29) is 13.2 Å². The van der Waals surface area contributed by atoms with Gasteiger partial charge in [-0.3, -0.25) is 0 Å². The minimum absolute atomic E-state index is 0.178. The molecule has 0 aliphatic carbocycles. The summed E-state index contributed by atoms with van der Waals surface area (Å²) >= 11 is 3.30. The summed E-state index contributed by atoms with van der Waals surface area (Å²) in [4.78, 5) is 27.1. The van der Waals surface area contributed by atoms with E-state index in [9.17, 15) is 0 Å². The number of nitrogen functional groups attached to an aromatic ring is 2. The van der Waals surface area contributed by atoms with Crippen LogP contribution in [0.4, 0.5) is 11.6 Å². The molecule has 204 valence electrons. The number of carbonyl (C=O) groups is 1. The van der Waals surface area contributed by atoms with Gasteiger partial charge in [0.15, 0.2) is 24.5 Å². The Morgan fingerprint density at radius 3 is 1.45 bits per heavy atom. The molecular weight excluding hydrogens is 524 g/mol. The first-order chi connectivity index (χ1) is 18.2. The molecule has 4 rings (SSSR count). The number of aromatic nitrogens is 6. The van der Waals surface area contributed by atoms with E-state index in [0.717, 1.165) is 22.5 Å². The molecule has 0 saturated heterocycles. The van der Waals surface area contributed by atoms with Crippen LogP contribution < -0.4 is 20.6 Å². The van der Waals surface area contributed by atoms with E-state index < -0.39 is 0 Å². The third kappa shape index (κ3) is 8.31. The van der Waals surface area contributed by atoms with E-state index in [1.54, 1.807) is 35.1 Å². The summed E-state index contributed by atoms with van der Waals surface area (Å²) in [5.41, 5.74) is 20.0. The molecule has 0 atom stereocenters. The molecule has 0 spiro atoms. The third-order valence-corrected chi connectivity index (χ3v) is 8.00. The van der Waals surface area contributed by atoms with Gasteiger partial charge in [0.2, 0.25) is 11.0 Å². The van der Waals surface area contributed by atoms with Gasteiger partial charge in [0, 0.05) is 52.3 Å². The van der Waals surface area contributed by atoms with Crippen LogP contribution in [0.15, 0.2) is 23.4 Å². The summed E-state index contributed by atoms with van der Waals surface area (Å²) in [5.74, 6) is 2.43. The summed E-state index contributed by atoms with van der Waals surface area (Å²) < 4.78 is 4.22. The van der Waals surface area contributed by atoms with Gasteiger partial charge in [-0.15, -0.1) is 0 Å². The molecule has 11 nitrogen and oxygen atoms in total. The normalized spacial score (nSPS) is 10.4. The summed E-state index contributed by atoms with van der Waals surface area (Å²) in [6.07, 6.45) is 4.94. The van der Waals surface area contributed by atoms with Crippen molar-refractivity contribution in [3.8, 4) is 0 Å². The van der Waals surface area contributed by atoms with E-state index in [1.165, 1.54) is 9.75 Å². The lowest BCUT2D eigenvalue weighted by Gasteiger charge is -2.01. The quantitative estimate of drug-likeness (QED) is 0.230. The molecule has 6 N–H and O–H groups in total. The summed E-state index contributed by atoms with van der Waals surface area (Å²) in [7, 11) is 0. The number of aryl methyl sites for hydroxylation is 2. The first-order valence-electron chi connectivity index (χ1n) is 11.8. The fourth-order valence-electron chi connectivity index (χ4n) is 3.53. The van der Waals surface area contributed by atoms with Gasteiger partial charge in [0.25, 0.3) is 0 Å². The number of nitrogens with two attached hydrogens (primary N) is 2. The lowest BCUT2D eigenvalue weighted by atomic mass is 10.2. The molecule has 0 amide bonds. The Bertz CT molecular complexity index is 1230. The van der Waals surface area contributed by atoms with Gasteiger partial charge in [0.1, 0.15) is 30.1 Å². The van der Waals surface area contributed by atoms with Crippen LogP contribution in [-0.4, -0.2) is 50.2 Å². The van der Waals surface area contributed by atoms with Crippen molar-refractivity contribution in [1.82, 2.24) is 19.9 Å². The van der Waals surface area contributed by atoms with Gasteiger partial charge in [-0.1, -0.05) is 22.7 Å². The Balaban J connectivity index is 0.000000251. The fourth-order valence-corrected chi connectivity index (χ4v) is 5.50. The molecule has 0 unspecified atom stereocenters. The van der Waals surface area contributed by atoms with Gasteiger partial charge >= 0.3 is 0 Å². The standard InChI is InChI=1S/2C12H17N4OS.CH2O/c2*1-8-11(3-4-17)18-7-16(8)6-10-5-14-9(2)15-12(10)13;1-2/h2*5,7,17H,3-4,6H2,1-2H3,(H2,13,14,15);1H2/q2*+1;. The Kier molecular flexibility index (Phi) is 12.3. The van der Waals surface area contributed by atoms with E-state index in [0.29, 0.717) is 49.2 Å². The van der Waals surface area contributed by atoms with E-state index in [4.69, 9.17) is 26.5 Å². The maximum Gasteiger partial charge on any atom is 0.225 e. The predicted octanol–water partition coefficient (Wildman–Crippen LogP) is 1.03. The highest BCUT2D eigenvalue weighted by Crippen LogP contribution is 2.15. The molecule has 0 bridgehead atoms. The SMILES string of the molecule is C=O.Cc1ncc(C[n+]2csc(CCO)c2C)c(N)n1.Cc1ncc(C[n+]2csc(CCO)c2C)c(N)n1. The van der Waals surface area contributed by atoms with Crippen molar-refractivity contribution in [1.29, 1.82) is 0 Å². The second-order valence-corrected chi connectivity index (χ2v) is 10.2. The molecule has 4 aromatic heterocycles. The van der Waals surface area contributed by atoms with Crippen molar-refractivity contribution in [2.45, 2.75) is 53.6 Å². The second kappa shape index (κ2) is 15.1. The number of nitrogens with zero attached hydrogens (tertiary/aromatic N) is 6. The van der Waals surface area contributed by atoms with Crippen LogP contribution in [0.25, 0.3) is 0 Å². The average Bonchev–Trinajstić information content (AvgIpc) is 3.41. The topological polar surface area (TPSA) is 169 Å². The van der Waals surface area contributed by atoms with Crippen molar-refractivity contribution in [3.05, 3.63) is 67.3 Å². The maximum absolute atomic E-state index is 8.98. The zero-order valence-corrected chi connectivity index (χ0v) is 23.8. The number of carbonyl (C=O) groups excluding carboxylic acids is 1. The highest BCUT2D eigenvalue weighted by Gasteiger charge is 2.18. The van der Waals surface area contributed by atoms with Crippen LogP contribution >= 0.6 is 22.7 Å². The predicted molar refractivity (Wildman–Crippen MR) is 148 cm³/mol. The van der Waals surface area contributed by atoms with Crippen LogP contribution in [0.1, 0.15) is 43.9 Å². The number of aliphatic hydroxyl groups is 2. The number of thiazole rings is 2. The molecular formula is C25H36N8O3S2+2. The van der Waals surface area contributed by atoms with E-state index in [2.05, 4.69) is 29.1 Å². The van der Waals surface area contributed by atoms with Gasteiger partial charge in [-0.25, -0.2) is 19.9 Å². The monoisotopic (exact) mass is 560 g/mol. The maximum atomic E-state index is 8.98. The van der Waals surface area contributed by atoms with Gasteiger partial charge in [-0.2, -0.15) is 9.13 Å². The highest BCUT2D eigenvalue weighted by atomic mass is 32.1. The largest absolute Gasteiger partial charge is 0.396 e. The lowest BCUT2D eigenvalue weighted by molar-refractivity contribution is -0.689. The Morgan fingerprint density at radius 1 is 0.763 bits per heavy atom. The molecule has 0 radical (unpaired) electrons. The molecule has 38 heavy (non-hydrogen) atoms. The minimum atomic E-state index is 0.178. The van der Waals surface area contributed by atoms with Crippen LogP contribution in [0.5, 0.6) is 0 Å². The van der Waals surface area contributed by atoms with Gasteiger partial charge < -0.3 is 26.5 Å². The molecule has 0 saturated carbocycles. The fraction of sp³-hybridized carbons (Fsp3) is 0.400. The first-order valence-corrected chi connectivity index (χ1v) is 13.6. The number of anilines is 2. The minimum Gasteiger partial charge on any atom is -0.396 e. The Labute approximate surface area is 230 Å². The molecule has 13 heteroatoms. The third-order valence-electron chi connectivity index (χ3n) is 5.71. The smallest absolute Gasteiger partial charge is 0.225 e. The van der Waals surface area contributed by atoms with Gasteiger partial charge in [0.05, 0.1) is 20.9 Å². The highest BCUT2D eigenvalue weighted by molar-refractivity contribution is 7.09. The van der Waals surface area contributed by atoms with Crippen LogP contribution in [0.3, 0.4) is 0 Å². The zero-order valence-electron chi connectivity index (χ0n) is 22.2. The summed E-state index contributed by atoms with van der Waals surface area (Å²) in [5, 5.41) is 18.0. The Morgan fingerprint density at radius 2 is 1.13 bits per heavy atom. The molecule has 4 aromatic rings.